The predicted molar refractivity (Wildman–Crippen MR) is 121 cm³/mol. The third kappa shape index (κ3) is 4.92. The number of likely N-dealkylation sites (N-methyl/N-ethyl adjacent to an activating group) is 1. The van der Waals surface area contributed by atoms with Crippen molar-refractivity contribution in [2.45, 2.75) is 37.4 Å². The number of rotatable bonds is 8. The summed E-state index contributed by atoms with van der Waals surface area (Å²) in [5.41, 5.74) is 0.150. The Morgan fingerprint density at radius 1 is 1.12 bits per heavy atom. The molecule has 0 spiro atoms. The molecule has 2 aromatic carbocycles. The van der Waals surface area contributed by atoms with Gasteiger partial charge in [-0.3, -0.25) is 0 Å². The lowest BCUT2D eigenvalue weighted by molar-refractivity contribution is -0.917. The Bertz CT molecular complexity index is 952. The molecule has 0 saturated carbocycles. The summed E-state index contributed by atoms with van der Waals surface area (Å²) < 4.78 is 11.7. The molecule has 0 bridgehead atoms. The molecule has 32 heavy (non-hydrogen) atoms. The van der Waals surface area contributed by atoms with Crippen LogP contribution in [0.2, 0.25) is 0 Å². The quantitative estimate of drug-likeness (QED) is 0.432. The maximum atomic E-state index is 13.4. The number of hydrogen-bond donors (Lipinski definition) is 1. The number of hydrogen-bond acceptors (Lipinski definition) is 5. The highest BCUT2D eigenvalue weighted by atomic mass is 16.6. The van der Waals surface area contributed by atoms with Gasteiger partial charge in [-0.15, -0.1) is 0 Å². The topological polar surface area (TPSA) is 72.6 Å². The van der Waals surface area contributed by atoms with E-state index in [4.69, 9.17) is 9.26 Å². The summed E-state index contributed by atoms with van der Waals surface area (Å²) in [6.07, 6.45) is 5.02. The molecule has 1 fully saturated rings. The molecule has 0 aliphatic carbocycles. The number of aryl methyl sites for hydroxylation is 1. The number of likely N-dealkylation sites (tertiary alicyclic amines) is 1. The Morgan fingerprint density at radius 2 is 1.78 bits per heavy atom. The lowest BCUT2D eigenvalue weighted by Crippen LogP contribution is -2.55. The minimum atomic E-state index is -1.84. The first kappa shape index (κ1) is 22.2. The van der Waals surface area contributed by atoms with Gasteiger partial charge in [-0.25, -0.2) is 4.79 Å². The minimum absolute atomic E-state index is 0.229. The van der Waals surface area contributed by atoms with Crippen molar-refractivity contribution in [1.29, 1.82) is 0 Å². The van der Waals surface area contributed by atoms with Crippen molar-refractivity contribution < 1.29 is 23.6 Å². The van der Waals surface area contributed by atoms with Crippen molar-refractivity contribution in [2.75, 3.05) is 26.7 Å². The van der Waals surface area contributed by atoms with Gasteiger partial charge < -0.3 is 18.8 Å². The van der Waals surface area contributed by atoms with E-state index in [2.05, 4.69) is 12.2 Å². The molecule has 1 N–H and O–H groups in total. The van der Waals surface area contributed by atoms with Gasteiger partial charge in [0, 0.05) is 18.9 Å². The molecule has 6 nitrogen and oxygen atoms in total. The molecule has 168 valence electrons. The van der Waals surface area contributed by atoms with E-state index < -0.39 is 11.6 Å². The summed E-state index contributed by atoms with van der Waals surface area (Å²) >= 11 is 0. The number of carbonyl (C=O) groups excluding carboxylic acids is 1. The van der Waals surface area contributed by atoms with Crippen molar-refractivity contribution in [3.63, 3.8) is 0 Å². The molecule has 1 unspecified atom stereocenters. The summed E-state index contributed by atoms with van der Waals surface area (Å²) in [6.45, 7) is 2.77. The standard InChI is InChI=1S/C26H31N2O4/c1-28(17-8-14-23-16-19-31-27-23)18-9-15-24(20-28)32-25(29)26(30,21-10-4-2-5-11-21)22-12-6-3-7-13-22/h2-7,10-13,16,19,24,30H,8-9,14-15,17-18,20H2,1H3/q+1/t24-,28?/m1/s1. The van der Waals surface area contributed by atoms with Gasteiger partial charge >= 0.3 is 5.97 Å². The number of quaternary nitrogens is 1. The van der Waals surface area contributed by atoms with Crippen LogP contribution in [0.15, 0.2) is 77.5 Å². The highest BCUT2D eigenvalue weighted by molar-refractivity contribution is 5.85. The average molecular weight is 436 g/mol. The second-order valence-corrected chi connectivity index (χ2v) is 8.96. The van der Waals surface area contributed by atoms with Crippen LogP contribution in [0, 0.1) is 0 Å². The fourth-order valence-electron chi connectivity index (χ4n) is 4.68. The molecule has 1 aromatic heterocycles. The maximum absolute atomic E-state index is 13.4. The SMILES string of the molecule is C[N+]1(CCCc2ccon2)CCC[C@@H](OC(=O)C(O)(c2ccccc2)c2ccccc2)C1. The highest BCUT2D eigenvalue weighted by Gasteiger charge is 2.44. The molecular weight excluding hydrogens is 404 g/mol. The lowest BCUT2D eigenvalue weighted by Gasteiger charge is -2.41. The van der Waals surface area contributed by atoms with E-state index in [0.717, 1.165) is 55.5 Å². The van der Waals surface area contributed by atoms with Crippen molar-refractivity contribution in [3.05, 3.63) is 89.8 Å². The van der Waals surface area contributed by atoms with Crippen molar-refractivity contribution in [2.24, 2.45) is 0 Å². The van der Waals surface area contributed by atoms with Crippen LogP contribution in [0.25, 0.3) is 0 Å². The number of aromatic nitrogens is 1. The van der Waals surface area contributed by atoms with Gasteiger partial charge in [-0.2, -0.15) is 0 Å². The molecular formula is C26H31N2O4+. The number of piperidine rings is 1. The third-order valence-corrected chi connectivity index (χ3v) is 6.44. The summed E-state index contributed by atoms with van der Waals surface area (Å²) in [7, 11) is 2.21. The van der Waals surface area contributed by atoms with Gasteiger partial charge in [0.25, 0.3) is 0 Å². The van der Waals surface area contributed by atoms with E-state index in [1.165, 1.54) is 0 Å². The van der Waals surface area contributed by atoms with E-state index in [1.807, 2.05) is 42.5 Å². The third-order valence-electron chi connectivity index (χ3n) is 6.44. The molecule has 6 heteroatoms. The number of ether oxygens (including phenoxy) is 1. The summed E-state index contributed by atoms with van der Waals surface area (Å²) in [4.78, 5) is 13.4. The lowest BCUT2D eigenvalue weighted by atomic mass is 9.86. The van der Waals surface area contributed by atoms with Crippen molar-refractivity contribution in [3.8, 4) is 0 Å². The maximum Gasteiger partial charge on any atom is 0.348 e. The Labute approximate surface area is 189 Å². The molecule has 1 saturated heterocycles. The largest absolute Gasteiger partial charge is 0.454 e. The summed E-state index contributed by atoms with van der Waals surface area (Å²) in [6, 6.07) is 20.0. The van der Waals surface area contributed by atoms with Crippen molar-refractivity contribution >= 4 is 5.97 Å². The molecule has 0 amide bonds. The Kier molecular flexibility index (Phi) is 6.72. The molecule has 2 atom stereocenters. The van der Waals surface area contributed by atoms with E-state index in [1.54, 1.807) is 30.5 Å². The average Bonchev–Trinajstić information content (AvgIpc) is 3.33. The monoisotopic (exact) mass is 435 g/mol. The molecule has 1 aliphatic heterocycles. The smallest absolute Gasteiger partial charge is 0.348 e. The summed E-state index contributed by atoms with van der Waals surface area (Å²) in [5, 5.41) is 15.6. The van der Waals surface area contributed by atoms with Crippen LogP contribution in [0.5, 0.6) is 0 Å². The Morgan fingerprint density at radius 3 is 2.38 bits per heavy atom. The number of aliphatic hydroxyl groups is 1. The molecule has 3 aromatic rings. The van der Waals surface area contributed by atoms with Crippen LogP contribution in [0.4, 0.5) is 0 Å². The van der Waals surface area contributed by atoms with Gasteiger partial charge in [-0.1, -0.05) is 65.8 Å². The predicted octanol–water partition coefficient (Wildman–Crippen LogP) is 3.70. The second-order valence-electron chi connectivity index (χ2n) is 8.96. The first-order valence-electron chi connectivity index (χ1n) is 11.3. The van der Waals surface area contributed by atoms with Crippen LogP contribution in [-0.2, 0) is 21.6 Å². The van der Waals surface area contributed by atoms with Crippen LogP contribution in [0.1, 0.15) is 36.1 Å². The first-order chi connectivity index (χ1) is 15.5. The number of benzene rings is 2. The van der Waals surface area contributed by atoms with E-state index >= 15 is 0 Å². The van der Waals surface area contributed by atoms with Gasteiger partial charge in [0.2, 0.25) is 5.60 Å². The zero-order chi connectivity index (χ0) is 22.4. The van der Waals surface area contributed by atoms with Crippen LogP contribution in [-0.4, -0.2) is 53.5 Å². The van der Waals surface area contributed by atoms with Crippen LogP contribution >= 0.6 is 0 Å². The number of esters is 1. The second kappa shape index (κ2) is 9.67. The normalized spacial score (nSPS) is 21.2. The Balaban J connectivity index is 1.46. The van der Waals surface area contributed by atoms with Gasteiger partial charge in [-0.05, 0) is 24.0 Å². The van der Waals surface area contributed by atoms with Crippen LogP contribution < -0.4 is 0 Å². The fourth-order valence-corrected chi connectivity index (χ4v) is 4.68. The minimum Gasteiger partial charge on any atom is -0.454 e. The van der Waals surface area contributed by atoms with E-state index in [9.17, 15) is 9.90 Å². The van der Waals surface area contributed by atoms with Crippen LogP contribution in [0.3, 0.4) is 0 Å². The van der Waals surface area contributed by atoms with E-state index in [-0.39, 0.29) is 6.10 Å². The van der Waals surface area contributed by atoms with Crippen molar-refractivity contribution in [1.82, 2.24) is 5.16 Å². The fraction of sp³-hybridized carbons (Fsp3) is 0.385. The highest BCUT2D eigenvalue weighted by Crippen LogP contribution is 2.32. The first-order valence-corrected chi connectivity index (χ1v) is 11.3. The van der Waals surface area contributed by atoms with Gasteiger partial charge in [0.15, 0.2) is 6.10 Å². The number of carbonyl (C=O) groups is 1. The molecule has 0 radical (unpaired) electrons. The van der Waals surface area contributed by atoms with E-state index in [0.29, 0.717) is 11.1 Å². The molecule has 2 heterocycles. The molecule has 1 aliphatic rings. The van der Waals surface area contributed by atoms with Gasteiger partial charge in [0.05, 0.1) is 25.8 Å². The zero-order valence-corrected chi connectivity index (χ0v) is 18.5. The zero-order valence-electron chi connectivity index (χ0n) is 18.5. The summed E-state index contributed by atoms with van der Waals surface area (Å²) in [5.74, 6) is -0.615. The van der Waals surface area contributed by atoms with Gasteiger partial charge in [0.1, 0.15) is 12.8 Å². The molecule has 4 rings (SSSR count). The Hall–Kier alpha value is -2.96. The number of nitrogens with zero attached hydrogens (tertiary/aromatic N) is 2.